The van der Waals surface area contributed by atoms with Crippen LogP contribution in [-0.2, 0) is 9.53 Å². The number of carbonyl (C=O) groups is 1. The monoisotopic (exact) mass is 228 g/mol. The summed E-state index contributed by atoms with van der Waals surface area (Å²) in [7, 11) is 3.61. The number of amides is 1. The summed E-state index contributed by atoms with van der Waals surface area (Å²) in [6.07, 6.45) is 0.256. The Balaban J connectivity index is 2.56. The second-order valence-corrected chi connectivity index (χ2v) is 5.06. The zero-order valence-corrected chi connectivity index (χ0v) is 11.1. The molecule has 2 atom stereocenters. The summed E-state index contributed by atoms with van der Waals surface area (Å²) in [5.74, 6) is 0.675. The molecule has 1 fully saturated rings. The Morgan fingerprint density at radius 2 is 2.00 bits per heavy atom. The number of likely N-dealkylation sites (N-methyl/N-ethyl adjacent to an activating group) is 1. The molecule has 4 nitrogen and oxygen atoms in total. The highest BCUT2D eigenvalue weighted by Crippen LogP contribution is 2.15. The molecule has 0 aliphatic carbocycles. The van der Waals surface area contributed by atoms with Crippen molar-refractivity contribution < 1.29 is 9.53 Å². The summed E-state index contributed by atoms with van der Waals surface area (Å²) >= 11 is 0. The first-order chi connectivity index (χ1) is 7.43. The van der Waals surface area contributed by atoms with Gasteiger partial charge in [0.05, 0.1) is 18.8 Å². The van der Waals surface area contributed by atoms with Crippen LogP contribution < -0.4 is 0 Å². The van der Waals surface area contributed by atoms with Crippen LogP contribution in [0.25, 0.3) is 0 Å². The highest BCUT2D eigenvalue weighted by Gasteiger charge is 2.29. The average molecular weight is 228 g/mol. The lowest BCUT2D eigenvalue weighted by Crippen LogP contribution is -2.53. The Morgan fingerprint density at radius 3 is 2.50 bits per heavy atom. The minimum Gasteiger partial charge on any atom is -0.375 e. The van der Waals surface area contributed by atoms with Gasteiger partial charge in [-0.1, -0.05) is 13.8 Å². The van der Waals surface area contributed by atoms with Gasteiger partial charge >= 0.3 is 0 Å². The van der Waals surface area contributed by atoms with Crippen LogP contribution in [0.4, 0.5) is 0 Å². The molecule has 0 aromatic carbocycles. The zero-order chi connectivity index (χ0) is 12.3. The molecule has 0 N–H and O–H groups in total. The van der Waals surface area contributed by atoms with E-state index in [0.717, 1.165) is 19.7 Å². The van der Waals surface area contributed by atoms with Crippen LogP contribution in [0, 0.1) is 5.92 Å². The molecule has 0 spiro atoms. The quantitative estimate of drug-likeness (QED) is 0.717. The van der Waals surface area contributed by atoms with Crippen molar-refractivity contribution >= 4 is 5.91 Å². The molecule has 0 radical (unpaired) electrons. The van der Waals surface area contributed by atoms with Crippen LogP contribution >= 0.6 is 0 Å². The predicted molar refractivity (Wildman–Crippen MR) is 64.3 cm³/mol. The summed E-state index contributed by atoms with van der Waals surface area (Å²) in [6.45, 7) is 8.74. The Hall–Kier alpha value is -0.610. The van der Waals surface area contributed by atoms with Gasteiger partial charge in [-0.15, -0.1) is 0 Å². The van der Waals surface area contributed by atoms with Gasteiger partial charge in [-0.2, -0.15) is 0 Å². The third-order valence-corrected chi connectivity index (χ3v) is 3.21. The van der Waals surface area contributed by atoms with Crippen molar-refractivity contribution in [3.8, 4) is 0 Å². The Bertz CT molecular complexity index is 241. The molecule has 0 aromatic heterocycles. The number of hydrogen-bond donors (Lipinski definition) is 0. The Labute approximate surface area is 98.5 Å². The minimum absolute atomic E-state index is 0.0415. The lowest BCUT2D eigenvalue weighted by Gasteiger charge is -2.38. The maximum atomic E-state index is 11.9. The van der Waals surface area contributed by atoms with Crippen LogP contribution in [-0.4, -0.2) is 61.6 Å². The number of hydrogen-bond acceptors (Lipinski definition) is 3. The third kappa shape index (κ3) is 3.19. The third-order valence-electron chi connectivity index (χ3n) is 3.21. The van der Waals surface area contributed by atoms with E-state index in [0.29, 0.717) is 5.92 Å². The van der Waals surface area contributed by atoms with Crippen LogP contribution in [0.3, 0.4) is 0 Å². The zero-order valence-electron chi connectivity index (χ0n) is 11.1. The highest BCUT2D eigenvalue weighted by atomic mass is 16.5. The topological polar surface area (TPSA) is 32.8 Å². The summed E-state index contributed by atoms with van der Waals surface area (Å²) < 4.78 is 5.69. The van der Waals surface area contributed by atoms with Crippen molar-refractivity contribution in [2.24, 2.45) is 5.92 Å². The molecule has 1 amide bonds. The number of nitrogens with zero attached hydrogens (tertiary/aromatic N) is 2. The first-order valence-electron chi connectivity index (χ1n) is 6.00. The largest absolute Gasteiger partial charge is 0.375 e. The van der Waals surface area contributed by atoms with Crippen LogP contribution in [0.1, 0.15) is 20.8 Å². The first kappa shape index (κ1) is 13.5. The van der Waals surface area contributed by atoms with Crippen molar-refractivity contribution in [2.45, 2.75) is 32.9 Å². The number of rotatable bonds is 3. The van der Waals surface area contributed by atoms with Crippen molar-refractivity contribution in [3.63, 3.8) is 0 Å². The number of carbonyl (C=O) groups excluding carboxylic acids is 1. The fourth-order valence-corrected chi connectivity index (χ4v) is 1.98. The summed E-state index contributed by atoms with van der Waals surface area (Å²) in [6, 6.07) is -0.0415. The van der Waals surface area contributed by atoms with E-state index < -0.39 is 0 Å². The normalized spacial score (nSPS) is 24.5. The van der Waals surface area contributed by atoms with Crippen LogP contribution in [0.5, 0.6) is 0 Å². The molecular formula is C12H24N2O2. The van der Waals surface area contributed by atoms with Crippen molar-refractivity contribution in [1.29, 1.82) is 0 Å². The van der Waals surface area contributed by atoms with Gasteiger partial charge in [-0.3, -0.25) is 9.69 Å². The van der Waals surface area contributed by atoms with Gasteiger partial charge in [0.25, 0.3) is 0 Å². The Morgan fingerprint density at radius 1 is 1.38 bits per heavy atom. The molecule has 1 saturated heterocycles. The lowest BCUT2D eigenvalue weighted by molar-refractivity contribution is -0.138. The van der Waals surface area contributed by atoms with Crippen molar-refractivity contribution in [1.82, 2.24) is 9.80 Å². The maximum absolute atomic E-state index is 11.9. The second kappa shape index (κ2) is 5.64. The molecule has 1 rings (SSSR count). The van der Waals surface area contributed by atoms with Gasteiger partial charge in [-0.05, 0) is 12.8 Å². The smallest absolute Gasteiger partial charge is 0.239 e. The molecule has 2 unspecified atom stereocenters. The number of morpholine rings is 1. The van der Waals surface area contributed by atoms with E-state index in [-0.39, 0.29) is 18.1 Å². The molecule has 1 aliphatic heterocycles. The molecule has 1 heterocycles. The first-order valence-corrected chi connectivity index (χ1v) is 6.00. The molecule has 4 heteroatoms. The van der Waals surface area contributed by atoms with E-state index in [1.54, 1.807) is 19.0 Å². The molecular weight excluding hydrogens is 204 g/mol. The van der Waals surface area contributed by atoms with E-state index in [1.165, 1.54) is 0 Å². The van der Waals surface area contributed by atoms with E-state index >= 15 is 0 Å². The summed E-state index contributed by atoms with van der Waals surface area (Å²) in [4.78, 5) is 15.7. The van der Waals surface area contributed by atoms with E-state index in [9.17, 15) is 4.79 Å². The summed E-state index contributed by atoms with van der Waals surface area (Å²) in [5, 5.41) is 0. The second-order valence-electron chi connectivity index (χ2n) is 5.06. The molecule has 0 saturated carbocycles. The van der Waals surface area contributed by atoms with E-state index in [2.05, 4.69) is 18.7 Å². The van der Waals surface area contributed by atoms with Crippen molar-refractivity contribution in [3.05, 3.63) is 0 Å². The Kier molecular flexibility index (Phi) is 4.74. The van der Waals surface area contributed by atoms with Crippen LogP contribution in [0.2, 0.25) is 0 Å². The van der Waals surface area contributed by atoms with Gasteiger partial charge < -0.3 is 9.64 Å². The lowest BCUT2D eigenvalue weighted by atomic mass is 10.0. The van der Waals surface area contributed by atoms with E-state index in [4.69, 9.17) is 4.74 Å². The minimum atomic E-state index is -0.0415. The van der Waals surface area contributed by atoms with Gasteiger partial charge in [0.15, 0.2) is 0 Å². The van der Waals surface area contributed by atoms with Gasteiger partial charge in [-0.25, -0.2) is 0 Å². The van der Waals surface area contributed by atoms with Crippen molar-refractivity contribution in [2.75, 3.05) is 33.8 Å². The fourth-order valence-electron chi connectivity index (χ4n) is 1.98. The highest BCUT2D eigenvalue weighted by molar-refractivity contribution is 5.80. The maximum Gasteiger partial charge on any atom is 0.239 e. The molecule has 94 valence electrons. The standard InChI is InChI=1S/C12H24N2O2/c1-9(2)11-8-14(6-7-16-11)10(3)12(15)13(4)5/h9-11H,6-8H2,1-5H3. The van der Waals surface area contributed by atoms with E-state index in [1.807, 2.05) is 6.92 Å². The molecule has 16 heavy (non-hydrogen) atoms. The predicted octanol–water partition coefficient (Wildman–Crippen LogP) is 0.820. The van der Waals surface area contributed by atoms with Crippen LogP contribution in [0.15, 0.2) is 0 Å². The molecule has 1 aliphatic rings. The van der Waals surface area contributed by atoms with Gasteiger partial charge in [0.1, 0.15) is 0 Å². The molecule has 0 bridgehead atoms. The van der Waals surface area contributed by atoms with Gasteiger partial charge in [0.2, 0.25) is 5.91 Å². The fraction of sp³-hybridized carbons (Fsp3) is 0.917. The number of ether oxygens (including phenoxy) is 1. The average Bonchev–Trinajstić information content (AvgIpc) is 2.27. The summed E-state index contributed by atoms with van der Waals surface area (Å²) in [5.41, 5.74) is 0. The van der Waals surface area contributed by atoms with Gasteiger partial charge in [0, 0.05) is 27.2 Å². The SMILES string of the molecule is CC(C)C1CN(C(C)C(=O)N(C)C)CCO1. The molecule has 0 aromatic rings.